The Morgan fingerprint density at radius 3 is 2.20 bits per heavy atom. The highest BCUT2D eigenvalue weighted by Gasteiger charge is 2.39. The molecule has 0 aromatic rings. The van der Waals surface area contributed by atoms with Crippen LogP contribution in [0.15, 0.2) is 0 Å². The normalized spacial score (nSPS) is 22.4. The van der Waals surface area contributed by atoms with E-state index in [1.807, 2.05) is 13.8 Å². The highest BCUT2D eigenvalue weighted by Crippen LogP contribution is 2.45. The van der Waals surface area contributed by atoms with E-state index in [2.05, 4.69) is 33.0 Å². The Morgan fingerprint density at radius 2 is 1.75 bits per heavy atom. The zero-order valence-corrected chi connectivity index (χ0v) is 13.9. The lowest BCUT2D eigenvalue weighted by molar-refractivity contribution is 0.0131. The lowest BCUT2D eigenvalue weighted by Gasteiger charge is -2.45. The number of hydrogen-bond acceptors (Lipinski definition) is 3. The average molecular weight is 285 g/mol. The molecule has 0 unspecified atom stereocenters. The first kappa shape index (κ1) is 17.3. The van der Waals surface area contributed by atoms with Gasteiger partial charge in [-0.15, -0.1) is 0 Å². The predicted octanol–water partition coefficient (Wildman–Crippen LogP) is 3.48. The van der Waals surface area contributed by atoms with Crippen LogP contribution in [0, 0.1) is 10.8 Å². The zero-order chi connectivity index (χ0) is 15.6. The fourth-order valence-electron chi connectivity index (χ4n) is 3.72. The summed E-state index contributed by atoms with van der Waals surface area (Å²) in [5, 5.41) is 12.0. The van der Waals surface area contributed by atoms with E-state index in [0.717, 1.165) is 12.8 Å². The van der Waals surface area contributed by atoms with Crippen molar-refractivity contribution in [2.45, 2.75) is 78.9 Å². The van der Waals surface area contributed by atoms with Crippen molar-refractivity contribution < 1.29 is 14.6 Å². The third-order valence-electron chi connectivity index (χ3n) is 3.96. The highest BCUT2D eigenvalue weighted by atomic mass is 16.6. The molecule has 0 bridgehead atoms. The van der Waals surface area contributed by atoms with Crippen LogP contribution in [0.1, 0.15) is 67.2 Å². The number of alkyl carbamates (subject to hydrolysis) is 1. The van der Waals surface area contributed by atoms with Crippen LogP contribution >= 0.6 is 0 Å². The topological polar surface area (TPSA) is 58.6 Å². The molecule has 4 heteroatoms. The molecule has 0 saturated heterocycles. The minimum Gasteiger partial charge on any atom is -0.443 e. The Bertz CT molecular complexity index is 332. The molecule has 4 nitrogen and oxygen atoms in total. The van der Waals surface area contributed by atoms with E-state index in [0.29, 0.717) is 6.42 Å². The van der Waals surface area contributed by atoms with Crippen molar-refractivity contribution in [2.24, 2.45) is 10.8 Å². The SMILES string of the molecule is CC1(C)CC(NC(=O)OC(C)(C)CCO)CC(C)(C)C1. The van der Waals surface area contributed by atoms with E-state index in [9.17, 15) is 4.79 Å². The summed E-state index contributed by atoms with van der Waals surface area (Å²) in [5.41, 5.74) is -0.154. The minimum absolute atomic E-state index is 0.0176. The molecule has 1 aliphatic carbocycles. The molecule has 0 atom stereocenters. The first-order valence-electron chi connectivity index (χ1n) is 7.55. The number of ether oxygens (including phenoxy) is 1. The van der Waals surface area contributed by atoms with Crippen LogP contribution in [-0.2, 0) is 4.74 Å². The third-order valence-corrected chi connectivity index (χ3v) is 3.96. The summed E-state index contributed by atoms with van der Waals surface area (Å²) in [5.74, 6) is 0. The van der Waals surface area contributed by atoms with Gasteiger partial charge in [0.2, 0.25) is 0 Å². The maximum atomic E-state index is 12.0. The summed E-state index contributed by atoms with van der Waals surface area (Å²) in [6.07, 6.45) is 3.20. The molecule has 0 aliphatic heterocycles. The van der Waals surface area contributed by atoms with Crippen molar-refractivity contribution in [3.8, 4) is 0 Å². The van der Waals surface area contributed by atoms with Crippen molar-refractivity contribution in [3.63, 3.8) is 0 Å². The van der Waals surface area contributed by atoms with Crippen LogP contribution in [0.25, 0.3) is 0 Å². The fraction of sp³-hybridized carbons (Fsp3) is 0.938. The van der Waals surface area contributed by atoms with Gasteiger partial charge in [-0.1, -0.05) is 27.7 Å². The van der Waals surface area contributed by atoms with E-state index in [4.69, 9.17) is 9.84 Å². The molecule has 0 aromatic heterocycles. The zero-order valence-electron chi connectivity index (χ0n) is 13.9. The molecule has 118 valence electrons. The number of nitrogens with one attached hydrogen (secondary N) is 1. The standard InChI is InChI=1S/C16H31NO3/c1-14(2)9-12(10-15(3,4)11-14)17-13(19)20-16(5,6)7-8-18/h12,18H,7-11H2,1-6H3,(H,17,19). The molecule has 0 heterocycles. The van der Waals surface area contributed by atoms with Gasteiger partial charge >= 0.3 is 6.09 Å². The maximum Gasteiger partial charge on any atom is 0.407 e. The van der Waals surface area contributed by atoms with E-state index < -0.39 is 5.60 Å². The summed E-state index contributed by atoms with van der Waals surface area (Å²) in [6, 6.07) is 0.158. The molecule has 1 rings (SSSR count). The van der Waals surface area contributed by atoms with Crippen LogP contribution in [-0.4, -0.2) is 29.4 Å². The lowest BCUT2D eigenvalue weighted by Crippen LogP contribution is -2.47. The molecule has 1 amide bonds. The number of carbonyl (C=O) groups excluding carboxylic acids is 1. The molecule has 2 N–H and O–H groups in total. The monoisotopic (exact) mass is 285 g/mol. The lowest BCUT2D eigenvalue weighted by atomic mass is 9.63. The van der Waals surface area contributed by atoms with Crippen LogP contribution in [0.4, 0.5) is 4.79 Å². The maximum absolute atomic E-state index is 12.0. The van der Waals surface area contributed by atoms with Crippen LogP contribution in [0.2, 0.25) is 0 Å². The Kier molecular flexibility index (Phi) is 5.12. The number of hydrogen-bond donors (Lipinski definition) is 2. The van der Waals surface area contributed by atoms with E-state index in [-0.39, 0.29) is 29.6 Å². The van der Waals surface area contributed by atoms with Crippen LogP contribution in [0.5, 0.6) is 0 Å². The van der Waals surface area contributed by atoms with E-state index in [1.54, 1.807) is 0 Å². The number of aliphatic hydroxyl groups excluding tert-OH is 1. The van der Waals surface area contributed by atoms with Crippen molar-refractivity contribution >= 4 is 6.09 Å². The quantitative estimate of drug-likeness (QED) is 0.831. The second kappa shape index (κ2) is 5.92. The van der Waals surface area contributed by atoms with Crippen molar-refractivity contribution in [2.75, 3.05) is 6.61 Å². The summed E-state index contributed by atoms with van der Waals surface area (Å²) in [4.78, 5) is 12.0. The summed E-state index contributed by atoms with van der Waals surface area (Å²) >= 11 is 0. The third kappa shape index (κ3) is 5.70. The number of rotatable bonds is 4. The van der Waals surface area contributed by atoms with Gasteiger partial charge < -0.3 is 15.2 Å². The van der Waals surface area contributed by atoms with Crippen molar-refractivity contribution in [1.29, 1.82) is 0 Å². The largest absolute Gasteiger partial charge is 0.443 e. The second-order valence-corrected chi connectivity index (χ2v) is 8.38. The first-order chi connectivity index (χ1) is 8.95. The Labute approximate surface area is 123 Å². The summed E-state index contributed by atoms with van der Waals surface area (Å²) in [6.45, 7) is 12.7. The highest BCUT2D eigenvalue weighted by molar-refractivity contribution is 5.68. The van der Waals surface area contributed by atoms with Crippen molar-refractivity contribution in [3.05, 3.63) is 0 Å². The fourth-order valence-corrected chi connectivity index (χ4v) is 3.72. The van der Waals surface area contributed by atoms with Crippen LogP contribution < -0.4 is 5.32 Å². The van der Waals surface area contributed by atoms with Crippen molar-refractivity contribution in [1.82, 2.24) is 5.32 Å². The molecular weight excluding hydrogens is 254 g/mol. The van der Waals surface area contributed by atoms with Gasteiger partial charge in [-0.05, 0) is 43.9 Å². The molecule has 20 heavy (non-hydrogen) atoms. The van der Waals surface area contributed by atoms with Gasteiger partial charge in [-0.2, -0.15) is 0 Å². The van der Waals surface area contributed by atoms with Crippen LogP contribution in [0.3, 0.4) is 0 Å². The molecule has 0 spiro atoms. The second-order valence-electron chi connectivity index (χ2n) is 8.38. The molecule has 1 saturated carbocycles. The molecule has 1 fully saturated rings. The van der Waals surface area contributed by atoms with Gasteiger partial charge in [-0.25, -0.2) is 4.79 Å². The van der Waals surface area contributed by atoms with E-state index >= 15 is 0 Å². The molecule has 0 aromatic carbocycles. The summed E-state index contributed by atoms with van der Waals surface area (Å²) in [7, 11) is 0. The molecule has 1 aliphatic rings. The van der Waals surface area contributed by atoms with Gasteiger partial charge in [0.1, 0.15) is 5.60 Å². The number of carbonyl (C=O) groups is 1. The van der Waals surface area contributed by atoms with E-state index in [1.165, 1.54) is 6.42 Å². The van der Waals surface area contributed by atoms with Gasteiger partial charge in [0.05, 0.1) is 0 Å². The molecule has 0 radical (unpaired) electrons. The Hall–Kier alpha value is -0.770. The first-order valence-corrected chi connectivity index (χ1v) is 7.55. The van der Waals surface area contributed by atoms with Gasteiger partial charge in [0.15, 0.2) is 0 Å². The molecular formula is C16H31NO3. The Balaban J connectivity index is 2.57. The number of aliphatic hydroxyl groups is 1. The van der Waals surface area contributed by atoms with Gasteiger partial charge in [0, 0.05) is 19.1 Å². The minimum atomic E-state index is -0.626. The average Bonchev–Trinajstić information content (AvgIpc) is 2.08. The van der Waals surface area contributed by atoms with Gasteiger partial charge in [0.25, 0.3) is 0 Å². The number of amides is 1. The predicted molar refractivity (Wildman–Crippen MR) is 80.6 cm³/mol. The Morgan fingerprint density at radius 1 is 1.25 bits per heavy atom. The smallest absolute Gasteiger partial charge is 0.407 e. The summed E-state index contributed by atoms with van der Waals surface area (Å²) < 4.78 is 5.41. The van der Waals surface area contributed by atoms with Gasteiger partial charge in [-0.3, -0.25) is 0 Å².